The minimum Gasteiger partial charge on any atom is -0.488 e. The molecule has 11 heteroatoms. The summed E-state index contributed by atoms with van der Waals surface area (Å²) in [5, 5.41) is 14.8. The Hall–Kier alpha value is -3.47. The number of alkyl halides is 3. The molecule has 0 bridgehead atoms. The van der Waals surface area contributed by atoms with E-state index < -0.39 is 16.7 Å². The molecule has 0 fully saturated rings. The van der Waals surface area contributed by atoms with Gasteiger partial charge in [-0.25, -0.2) is 4.98 Å². The van der Waals surface area contributed by atoms with Gasteiger partial charge in [-0.1, -0.05) is 12.1 Å². The number of anilines is 1. The van der Waals surface area contributed by atoms with Gasteiger partial charge in [0.2, 0.25) is 0 Å². The van der Waals surface area contributed by atoms with Crippen molar-refractivity contribution in [1.29, 1.82) is 0 Å². The minimum atomic E-state index is -4.44. The van der Waals surface area contributed by atoms with Crippen molar-refractivity contribution < 1.29 is 22.8 Å². The summed E-state index contributed by atoms with van der Waals surface area (Å²) in [5.74, 6) is 0.696. The summed E-state index contributed by atoms with van der Waals surface area (Å²) in [6, 6.07) is 13.4. The van der Waals surface area contributed by atoms with Gasteiger partial charge in [-0.2, -0.15) is 18.3 Å². The molecule has 160 valence electrons. The molecule has 1 N–H and O–H groups in total. The number of ether oxygens (including phenoxy) is 1. The predicted octanol–water partition coefficient (Wildman–Crippen LogP) is 5.80. The molecule has 0 aliphatic heterocycles. The lowest BCUT2D eigenvalue weighted by Gasteiger charge is -2.09. The van der Waals surface area contributed by atoms with Crippen LogP contribution in [0.3, 0.4) is 0 Å². The zero-order valence-corrected chi connectivity index (χ0v) is 17.2. The van der Waals surface area contributed by atoms with Crippen molar-refractivity contribution in [2.24, 2.45) is 5.10 Å². The number of pyridine rings is 1. The highest BCUT2D eigenvalue weighted by Gasteiger charge is 2.30. The number of hydrogen-bond donors (Lipinski definition) is 1. The third kappa shape index (κ3) is 6.25. The molecule has 3 rings (SSSR count). The van der Waals surface area contributed by atoms with Gasteiger partial charge in [0.25, 0.3) is 5.69 Å². The van der Waals surface area contributed by atoms with E-state index in [0.717, 1.165) is 12.3 Å². The molecule has 0 amide bonds. The summed E-state index contributed by atoms with van der Waals surface area (Å²) in [6.45, 7) is 0.148. The summed E-state index contributed by atoms with van der Waals surface area (Å²) < 4.78 is 43.9. The van der Waals surface area contributed by atoms with E-state index in [0.29, 0.717) is 21.3 Å². The lowest BCUT2D eigenvalue weighted by Crippen LogP contribution is -2.05. The average molecular weight is 495 g/mol. The molecular formula is C20H14BrF3N4O3. The molecule has 0 spiro atoms. The Labute approximate surface area is 182 Å². The van der Waals surface area contributed by atoms with E-state index in [1.54, 1.807) is 30.3 Å². The van der Waals surface area contributed by atoms with Crippen molar-refractivity contribution >= 4 is 33.6 Å². The fraction of sp³-hybridized carbons (Fsp3) is 0.100. The van der Waals surface area contributed by atoms with Gasteiger partial charge in [0.05, 0.1) is 21.2 Å². The highest BCUT2D eigenvalue weighted by atomic mass is 79.9. The number of aromatic nitrogens is 1. The van der Waals surface area contributed by atoms with Crippen LogP contribution in [0.5, 0.6) is 5.75 Å². The number of halogens is 4. The molecule has 0 aliphatic rings. The van der Waals surface area contributed by atoms with E-state index >= 15 is 0 Å². The van der Waals surface area contributed by atoms with Crippen LogP contribution in [0.15, 0.2) is 70.4 Å². The number of hydrogen-bond acceptors (Lipinski definition) is 6. The van der Waals surface area contributed by atoms with E-state index in [4.69, 9.17) is 4.74 Å². The van der Waals surface area contributed by atoms with Gasteiger partial charge in [-0.05, 0) is 57.4 Å². The second-order valence-electron chi connectivity index (χ2n) is 6.21. The van der Waals surface area contributed by atoms with Crippen LogP contribution in [-0.4, -0.2) is 16.1 Å². The number of nitrogens with zero attached hydrogens (tertiary/aromatic N) is 3. The fourth-order valence-electron chi connectivity index (χ4n) is 2.44. The van der Waals surface area contributed by atoms with E-state index in [1.165, 1.54) is 24.4 Å². The average Bonchev–Trinajstić information content (AvgIpc) is 2.73. The van der Waals surface area contributed by atoms with Crippen molar-refractivity contribution in [2.45, 2.75) is 12.8 Å². The normalized spacial score (nSPS) is 11.5. The first kappa shape index (κ1) is 22.2. The van der Waals surface area contributed by atoms with Crippen molar-refractivity contribution in [3.8, 4) is 5.75 Å². The Kier molecular flexibility index (Phi) is 6.85. The number of nitrogens with one attached hydrogen (secondary N) is 1. The van der Waals surface area contributed by atoms with E-state index in [1.807, 2.05) is 0 Å². The Bertz CT molecular complexity index is 1110. The highest BCUT2D eigenvalue weighted by molar-refractivity contribution is 9.10. The van der Waals surface area contributed by atoms with E-state index in [2.05, 4.69) is 31.4 Å². The number of non-ortho nitro benzene ring substituents is 1. The smallest absolute Gasteiger partial charge is 0.417 e. The van der Waals surface area contributed by atoms with Gasteiger partial charge in [0.1, 0.15) is 18.2 Å². The van der Waals surface area contributed by atoms with Crippen LogP contribution < -0.4 is 10.2 Å². The molecule has 0 saturated heterocycles. The standard InChI is InChI=1S/C20H14BrF3N4O3/c21-17-9-13(10-26-27-19-7-5-15(11-25-19)20(22,23)24)4-6-18(17)31-12-14-2-1-3-16(8-14)28(29)30/h1-11H,12H2,(H,25,27)/b26-10-. The summed E-state index contributed by atoms with van der Waals surface area (Å²) in [6.07, 6.45) is -2.25. The van der Waals surface area contributed by atoms with Crippen molar-refractivity contribution in [3.63, 3.8) is 0 Å². The Morgan fingerprint density at radius 2 is 2.00 bits per heavy atom. The molecule has 0 aliphatic carbocycles. The highest BCUT2D eigenvalue weighted by Crippen LogP contribution is 2.29. The molecule has 31 heavy (non-hydrogen) atoms. The Morgan fingerprint density at radius 1 is 1.19 bits per heavy atom. The third-order valence-corrected chi connectivity index (χ3v) is 4.57. The zero-order chi connectivity index (χ0) is 22.4. The molecule has 0 atom stereocenters. The number of nitro groups is 1. The number of rotatable bonds is 7. The monoisotopic (exact) mass is 494 g/mol. The molecule has 1 heterocycles. The second kappa shape index (κ2) is 9.56. The van der Waals surface area contributed by atoms with Crippen molar-refractivity contribution in [1.82, 2.24) is 4.98 Å². The summed E-state index contributed by atoms with van der Waals surface area (Å²) in [4.78, 5) is 14.0. The quantitative estimate of drug-likeness (QED) is 0.255. The molecule has 3 aromatic rings. The van der Waals surface area contributed by atoms with Gasteiger partial charge in [0.15, 0.2) is 0 Å². The van der Waals surface area contributed by atoms with Gasteiger partial charge in [-0.3, -0.25) is 15.5 Å². The van der Waals surface area contributed by atoms with E-state index in [9.17, 15) is 23.3 Å². The van der Waals surface area contributed by atoms with Crippen LogP contribution in [0.25, 0.3) is 0 Å². The second-order valence-corrected chi connectivity index (χ2v) is 7.06. The SMILES string of the molecule is O=[N+]([O-])c1cccc(COc2ccc(/C=N\Nc3ccc(C(F)(F)F)cn3)cc2Br)c1. The van der Waals surface area contributed by atoms with Gasteiger partial charge in [-0.15, -0.1) is 0 Å². The fourth-order valence-corrected chi connectivity index (χ4v) is 2.95. The zero-order valence-electron chi connectivity index (χ0n) is 15.6. The summed E-state index contributed by atoms with van der Waals surface area (Å²) >= 11 is 3.39. The van der Waals surface area contributed by atoms with Crippen LogP contribution >= 0.6 is 15.9 Å². The van der Waals surface area contributed by atoms with Crippen LogP contribution in [0, 0.1) is 10.1 Å². The molecular weight excluding hydrogens is 481 g/mol. The molecule has 7 nitrogen and oxygen atoms in total. The molecule has 0 saturated carbocycles. The number of benzene rings is 2. The Morgan fingerprint density at radius 3 is 2.65 bits per heavy atom. The maximum absolute atomic E-state index is 12.5. The largest absolute Gasteiger partial charge is 0.488 e. The third-order valence-electron chi connectivity index (χ3n) is 3.96. The van der Waals surface area contributed by atoms with Gasteiger partial charge < -0.3 is 4.74 Å². The van der Waals surface area contributed by atoms with Crippen LogP contribution in [0.1, 0.15) is 16.7 Å². The molecule has 1 aromatic heterocycles. The topological polar surface area (TPSA) is 89.7 Å². The summed E-state index contributed by atoms with van der Waals surface area (Å²) in [5.41, 5.74) is 3.04. The molecule has 2 aromatic carbocycles. The lowest BCUT2D eigenvalue weighted by molar-refractivity contribution is -0.384. The first-order valence-electron chi connectivity index (χ1n) is 8.70. The first-order chi connectivity index (χ1) is 14.7. The molecule has 0 unspecified atom stereocenters. The number of nitro benzene ring substituents is 1. The maximum Gasteiger partial charge on any atom is 0.417 e. The van der Waals surface area contributed by atoms with Crippen LogP contribution in [-0.2, 0) is 12.8 Å². The summed E-state index contributed by atoms with van der Waals surface area (Å²) in [7, 11) is 0. The maximum atomic E-state index is 12.5. The number of hydrazone groups is 1. The Balaban J connectivity index is 1.59. The van der Waals surface area contributed by atoms with Crippen molar-refractivity contribution in [2.75, 3.05) is 5.43 Å². The van der Waals surface area contributed by atoms with Crippen LogP contribution in [0.2, 0.25) is 0 Å². The van der Waals surface area contributed by atoms with Gasteiger partial charge in [0, 0.05) is 18.3 Å². The van der Waals surface area contributed by atoms with E-state index in [-0.39, 0.29) is 18.1 Å². The predicted molar refractivity (Wildman–Crippen MR) is 112 cm³/mol. The lowest BCUT2D eigenvalue weighted by atomic mass is 10.2. The van der Waals surface area contributed by atoms with Gasteiger partial charge >= 0.3 is 6.18 Å². The van der Waals surface area contributed by atoms with Crippen molar-refractivity contribution in [3.05, 3.63) is 92.1 Å². The first-order valence-corrected chi connectivity index (χ1v) is 9.50. The van der Waals surface area contributed by atoms with Crippen LogP contribution in [0.4, 0.5) is 24.7 Å². The molecule has 0 radical (unpaired) electrons. The minimum absolute atomic E-state index is 0.0123.